The summed E-state index contributed by atoms with van der Waals surface area (Å²) in [5.41, 5.74) is 6.97. The van der Waals surface area contributed by atoms with E-state index in [0.717, 1.165) is 24.3 Å². The van der Waals surface area contributed by atoms with Gasteiger partial charge in [0.05, 0.1) is 0 Å². The molecule has 98 valence electrons. The van der Waals surface area contributed by atoms with E-state index in [1.807, 2.05) is 26.0 Å². The number of rotatable bonds is 3. The molecule has 2 atom stereocenters. The molecule has 0 radical (unpaired) electrons. The lowest BCUT2D eigenvalue weighted by Gasteiger charge is -2.36. The van der Waals surface area contributed by atoms with Crippen LogP contribution >= 0.6 is 0 Å². The highest BCUT2D eigenvalue weighted by Gasteiger charge is 2.30. The smallest absolute Gasteiger partial charge is 0.242 e. The van der Waals surface area contributed by atoms with Crippen molar-refractivity contribution in [3.63, 3.8) is 0 Å². The molecule has 3 N–H and O–H groups in total. The van der Waals surface area contributed by atoms with Gasteiger partial charge in [0.15, 0.2) is 0 Å². The van der Waals surface area contributed by atoms with Gasteiger partial charge in [-0.15, -0.1) is 0 Å². The lowest BCUT2D eigenvalue weighted by Crippen LogP contribution is -2.55. The molecule has 2 rings (SSSR count). The van der Waals surface area contributed by atoms with Crippen LogP contribution in [0.2, 0.25) is 0 Å². The number of carbonyl (C=O) groups excluding carboxylic acids is 1. The summed E-state index contributed by atoms with van der Waals surface area (Å²) >= 11 is 0. The number of hydrogen-bond donors (Lipinski definition) is 2. The number of hydrogen-bond acceptors (Lipinski definition) is 4. The minimum Gasteiger partial charge on any atom is -0.353 e. The molecule has 0 saturated carbocycles. The van der Waals surface area contributed by atoms with E-state index in [4.69, 9.17) is 5.73 Å². The molecule has 0 bridgehead atoms. The number of aromatic nitrogens is 1. The minimum absolute atomic E-state index is 0.0741. The fraction of sp³-hybridized carbons (Fsp3) is 0.538. The molecular formula is C13H20N4O. The Labute approximate surface area is 107 Å². The zero-order chi connectivity index (χ0) is 13.1. The Morgan fingerprint density at radius 3 is 3.11 bits per heavy atom. The number of nitrogens with two attached hydrogens (primary N) is 1. The van der Waals surface area contributed by atoms with Gasteiger partial charge in [0.25, 0.3) is 0 Å². The van der Waals surface area contributed by atoms with E-state index in [1.54, 1.807) is 6.20 Å². The van der Waals surface area contributed by atoms with Crippen LogP contribution in [-0.2, 0) is 4.79 Å². The summed E-state index contributed by atoms with van der Waals surface area (Å²) in [6, 6.07) is 3.63. The highest BCUT2D eigenvalue weighted by atomic mass is 16.2. The normalized spacial score (nSPS) is 21.6. The average Bonchev–Trinajstić information content (AvgIpc) is 2.38. The molecule has 0 aliphatic carbocycles. The van der Waals surface area contributed by atoms with E-state index in [0.29, 0.717) is 6.54 Å². The average molecular weight is 248 g/mol. The van der Waals surface area contributed by atoms with E-state index in [1.165, 1.54) is 0 Å². The van der Waals surface area contributed by atoms with Crippen LogP contribution in [0.3, 0.4) is 0 Å². The predicted molar refractivity (Wildman–Crippen MR) is 71.3 cm³/mol. The third kappa shape index (κ3) is 2.31. The second kappa shape index (κ2) is 5.35. The lowest BCUT2D eigenvalue weighted by molar-refractivity contribution is -0.123. The number of nitrogens with one attached hydrogen (secondary N) is 1. The quantitative estimate of drug-likeness (QED) is 0.830. The molecule has 5 heteroatoms. The van der Waals surface area contributed by atoms with Gasteiger partial charge >= 0.3 is 0 Å². The first-order valence-corrected chi connectivity index (χ1v) is 6.40. The molecule has 1 fully saturated rings. The van der Waals surface area contributed by atoms with E-state index in [2.05, 4.69) is 15.2 Å². The van der Waals surface area contributed by atoms with Crippen molar-refractivity contribution in [2.24, 2.45) is 5.73 Å². The Kier molecular flexibility index (Phi) is 3.81. The third-order valence-electron chi connectivity index (χ3n) is 3.30. The number of amides is 1. The van der Waals surface area contributed by atoms with Gasteiger partial charge in [0.1, 0.15) is 11.9 Å². The largest absolute Gasteiger partial charge is 0.353 e. The van der Waals surface area contributed by atoms with Crippen LogP contribution in [0.4, 0.5) is 5.82 Å². The van der Waals surface area contributed by atoms with Crippen molar-refractivity contribution in [2.45, 2.75) is 32.4 Å². The molecule has 18 heavy (non-hydrogen) atoms. The molecule has 1 unspecified atom stereocenters. The fourth-order valence-corrected chi connectivity index (χ4v) is 2.38. The third-order valence-corrected chi connectivity index (χ3v) is 3.30. The number of pyridine rings is 1. The standard InChI is InChI=1S/C13H20N4O/c1-3-11-13(18)16-7-8-17(11)12-10(9(2)14)5-4-6-15-12/h4-6,9,11H,3,7-8,14H2,1-2H3,(H,16,18)/t9-,11?/m1/s1. The number of carbonyl (C=O) groups is 1. The molecule has 1 amide bonds. The van der Waals surface area contributed by atoms with Crippen LogP contribution in [0, 0.1) is 0 Å². The molecular weight excluding hydrogens is 228 g/mol. The molecule has 1 aliphatic heterocycles. The Bertz CT molecular complexity index is 433. The number of piperazine rings is 1. The van der Waals surface area contributed by atoms with Gasteiger partial charge in [-0.3, -0.25) is 4.79 Å². The zero-order valence-corrected chi connectivity index (χ0v) is 10.9. The summed E-state index contributed by atoms with van der Waals surface area (Å²) in [5.74, 6) is 0.916. The lowest BCUT2D eigenvalue weighted by atomic mass is 10.1. The van der Waals surface area contributed by atoms with Crippen molar-refractivity contribution < 1.29 is 4.79 Å². The summed E-state index contributed by atoms with van der Waals surface area (Å²) in [6.45, 7) is 5.38. The first-order chi connectivity index (χ1) is 8.65. The van der Waals surface area contributed by atoms with E-state index in [9.17, 15) is 4.79 Å². The van der Waals surface area contributed by atoms with Gasteiger partial charge in [-0.1, -0.05) is 13.0 Å². The summed E-state index contributed by atoms with van der Waals surface area (Å²) in [7, 11) is 0. The van der Waals surface area contributed by atoms with Crippen LogP contribution in [0.5, 0.6) is 0 Å². The summed E-state index contributed by atoms with van der Waals surface area (Å²) in [6.07, 6.45) is 2.52. The van der Waals surface area contributed by atoms with Gasteiger partial charge < -0.3 is 16.0 Å². The van der Waals surface area contributed by atoms with Crippen LogP contribution < -0.4 is 16.0 Å². The molecule has 1 aliphatic rings. The minimum atomic E-state index is -0.147. The first-order valence-electron chi connectivity index (χ1n) is 6.40. The molecule has 5 nitrogen and oxygen atoms in total. The van der Waals surface area contributed by atoms with Crippen molar-refractivity contribution in [2.75, 3.05) is 18.0 Å². The Balaban J connectivity index is 2.37. The zero-order valence-electron chi connectivity index (χ0n) is 10.9. The van der Waals surface area contributed by atoms with Crippen molar-refractivity contribution >= 4 is 11.7 Å². The van der Waals surface area contributed by atoms with Gasteiger partial charge in [-0.25, -0.2) is 4.98 Å². The molecule has 1 aromatic heterocycles. The van der Waals surface area contributed by atoms with Gasteiger partial charge in [-0.2, -0.15) is 0 Å². The SMILES string of the molecule is CCC1C(=O)NCCN1c1ncccc1[C@@H](C)N. The van der Waals surface area contributed by atoms with E-state index >= 15 is 0 Å². The fourth-order valence-electron chi connectivity index (χ4n) is 2.38. The molecule has 1 aromatic rings. The van der Waals surface area contributed by atoms with Crippen LogP contribution in [-0.4, -0.2) is 30.0 Å². The number of nitrogens with zero attached hydrogens (tertiary/aromatic N) is 2. The molecule has 0 spiro atoms. The van der Waals surface area contributed by atoms with Gasteiger partial charge in [0.2, 0.25) is 5.91 Å². The maximum absolute atomic E-state index is 11.9. The van der Waals surface area contributed by atoms with Crippen molar-refractivity contribution in [3.05, 3.63) is 23.9 Å². The highest BCUT2D eigenvalue weighted by Crippen LogP contribution is 2.25. The summed E-state index contributed by atoms with van der Waals surface area (Å²) in [4.78, 5) is 18.4. The summed E-state index contributed by atoms with van der Waals surface area (Å²) in [5, 5.41) is 2.89. The maximum Gasteiger partial charge on any atom is 0.242 e. The molecule has 2 heterocycles. The van der Waals surface area contributed by atoms with E-state index in [-0.39, 0.29) is 18.0 Å². The van der Waals surface area contributed by atoms with Gasteiger partial charge in [-0.05, 0) is 19.4 Å². The predicted octanol–water partition coefficient (Wildman–Crippen LogP) is 0.816. The molecule has 0 aromatic carbocycles. The Morgan fingerprint density at radius 2 is 2.44 bits per heavy atom. The maximum atomic E-state index is 11.9. The van der Waals surface area contributed by atoms with Crippen molar-refractivity contribution in [3.8, 4) is 0 Å². The molecule has 1 saturated heterocycles. The number of anilines is 1. The second-order valence-electron chi connectivity index (χ2n) is 4.61. The van der Waals surface area contributed by atoms with E-state index < -0.39 is 0 Å². The Hall–Kier alpha value is -1.62. The highest BCUT2D eigenvalue weighted by molar-refractivity contribution is 5.86. The van der Waals surface area contributed by atoms with Crippen LogP contribution in [0.15, 0.2) is 18.3 Å². The second-order valence-corrected chi connectivity index (χ2v) is 4.61. The van der Waals surface area contributed by atoms with Gasteiger partial charge in [0, 0.05) is 30.9 Å². The monoisotopic (exact) mass is 248 g/mol. The van der Waals surface area contributed by atoms with Crippen molar-refractivity contribution in [1.82, 2.24) is 10.3 Å². The first kappa shape index (κ1) is 12.8. The van der Waals surface area contributed by atoms with Crippen LogP contribution in [0.25, 0.3) is 0 Å². The topological polar surface area (TPSA) is 71.2 Å². The van der Waals surface area contributed by atoms with Crippen LogP contribution in [0.1, 0.15) is 31.9 Å². The van der Waals surface area contributed by atoms with Crippen molar-refractivity contribution in [1.29, 1.82) is 0 Å². The Morgan fingerprint density at radius 1 is 1.67 bits per heavy atom. The summed E-state index contributed by atoms with van der Waals surface area (Å²) < 4.78 is 0.